The van der Waals surface area contributed by atoms with Crippen LogP contribution in [0.15, 0.2) is 267 Å². The summed E-state index contributed by atoms with van der Waals surface area (Å²) >= 11 is 0. The normalized spacial score (nSPS) is 11.7. The lowest BCUT2D eigenvalue weighted by Crippen LogP contribution is -1.98. The van der Waals surface area contributed by atoms with Crippen molar-refractivity contribution in [3.05, 3.63) is 267 Å². The van der Waals surface area contributed by atoms with Gasteiger partial charge in [0, 0.05) is 32.8 Å². The first-order valence-electron chi connectivity index (χ1n) is 24.2. The van der Waals surface area contributed by atoms with Crippen molar-refractivity contribution in [3.63, 3.8) is 0 Å². The summed E-state index contributed by atoms with van der Waals surface area (Å²) in [7, 11) is 0. The number of para-hydroxylation sites is 1. The summed E-state index contributed by atoms with van der Waals surface area (Å²) in [6, 6.07) is 98.2. The van der Waals surface area contributed by atoms with Crippen molar-refractivity contribution in [2.75, 3.05) is 0 Å². The summed E-state index contributed by atoms with van der Waals surface area (Å²) in [4.78, 5) is 0. The predicted molar refractivity (Wildman–Crippen MR) is 297 cm³/mol. The van der Waals surface area contributed by atoms with Crippen molar-refractivity contribution < 1.29 is 0 Å². The molecule has 0 saturated heterocycles. The van der Waals surface area contributed by atoms with Crippen LogP contribution in [0.1, 0.15) is 0 Å². The molecule has 14 aromatic rings. The van der Waals surface area contributed by atoms with Crippen LogP contribution in [-0.2, 0) is 0 Å². The van der Waals surface area contributed by atoms with Crippen LogP contribution in [0.25, 0.3) is 132 Å². The molecule has 14 rings (SSSR count). The van der Waals surface area contributed by atoms with E-state index in [-0.39, 0.29) is 0 Å². The minimum absolute atomic E-state index is 1.12. The van der Waals surface area contributed by atoms with Crippen molar-refractivity contribution in [2.24, 2.45) is 0 Å². The van der Waals surface area contributed by atoms with Crippen LogP contribution >= 0.6 is 0 Å². The fraction of sp³-hybridized carbons (Fsp3) is 0. The molecule has 0 bridgehead atoms. The van der Waals surface area contributed by atoms with Crippen LogP contribution in [0.4, 0.5) is 0 Å². The molecule has 12 aromatic carbocycles. The molecule has 0 N–H and O–H groups in total. The smallest absolute Gasteiger partial charge is 0.0541 e. The number of aromatic nitrogens is 2. The molecule has 2 aromatic heterocycles. The van der Waals surface area contributed by atoms with Gasteiger partial charge < -0.3 is 9.13 Å². The van der Waals surface area contributed by atoms with Crippen molar-refractivity contribution in [1.82, 2.24) is 9.13 Å². The van der Waals surface area contributed by atoms with Crippen molar-refractivity contribution >= 4 is 65.2 Å². The molecule has 0 amide bonds. The minimum atomic E-state index is 1.12. The summed E-state index contributed by atoms with van der Waals surface area (Å²) in [5.74, 6) is 0. The van der Waals surface area contributed by atoms with Crippen LogP contribution in [0, 0.1) is 0 Å². The quantitative estimate of drug-likeness (QED) is 0.151. The van der Waals surface area contributed by atoms with Crippen molar-refractivity contribution in [1.29, 1.82) is 0 Å². The Morgan fingerprint density at radius 1 is 0.200 bits per heavy atom. The van der Waals surface area contributed by atoms with Gasteiger partial charge in [0.25, 0.3) is 0 Å². The molecule has 0 aliphatic rings. The maximum Gasteiger partial charge on any atom is 0.0541 e. The maximum atomic E-state index is 2.49. The van der Waals surface area contributed by atoms with Crippen LogP contribution in [0.3, 0.4) is 0 Å². The lowest BCUT2D eigenvalue weighted by Gasteiger charge is -2.16. The van der Waals surface area contributed by atoms with Crippen molar-refractivity contribution in [3.8, 4) is 67.0 Å². The average molecular weight is 889 g/mol. The monoisotopic (exact) mass is 888 g/mol. The third-order valence-electron chi connectivity index (χ3n) is 14.5. The highest BCUT2D eigenvalue weighted by Gasteiger charge is 2.20. The standard InChI is InChI=1S/C68H44N2/c1-3-16-45(17-4-1)49-32-36-65-60(41-49)61-42-50(46-18-5-2-6-19-46)33-37-66(61)69(65)54-25-13-24-51(40-54)59-28-11-12-31-64(59)70-67-38-34-52(57-29-14-22-47-20-7-9-26-55(47)57)43-62(67)63-44-53(35-39-68(63)70)58-30-15-23-48-21-8-10-27-56(48)58/h1-44H. The van der Waals surface area contributed by atoms with Gasteiger partial charge >= 0.3 is 0 Å². The Hall–Kier alpha value is -9.24. The zero-order valence-electron chi connectivity index (χ0n) is 38.3. The molecule has 326 valence electrons. The molecule has 2 nitrogen and oxygen atoms in total. The van der Waals surface area contributed by atoms with Gasteiger partial charge in [-0.3, -0.25) is 0 Å². The molecule has 0 aliphatic heterocycles. The number of fused-ring (bicyclic) bond motifs is 8. The Morgan fingerprint density at radius 3 is 1.11 bits per heavy atom. The zero-order chi connectivity index (χ0) is 46.1. The fourth-order valence-corrected chi connectivity index (χ4v) is 11.2. The van der Waals surface area contributed by atoms with E-state index in [1.807, 2.05) is 0 Å². The summed E-state index contributed by atoms with van der Waals surface area (Å²) in [6.07, 6.45) is 0. The van der Waals surface area contributed by atoms with E-state index in [4.69, 9.17) is 0 Å². The van der Waals surface area contributed by atoms with Gasteiger partial charge in [0.15, 0.2) is 0 Å². The maximum absolute atomic E-state index is 2.49. The first-order chi connectivity index (χ1) is 34.7. The van der Waals surface area contributed by atoms with E-state index in [1.165, 1.54) is 110 Å². The van der Waals surface area contributed by atoms with E-state index in [0.717, 1.165) is 22.5 Å². The number of hydrogen-bond acceptors (Lipinski definition) is 0. The second-order valence-electron chi connectivity index (χ2n) is 18.5. The van der Waals surface area contributed by atoms with Crippen LogP contribution in [0.2, 0.25) is 0 Å². The SMILES string of the molecule is c1ccc(-c2ccc3c(c2)c2cc(-c4ccccc4)ccc2n3-c2cccc(-c3ccccc3-n3c4ccc(-c5cccc6ccccc56)cc4c4cc(-c5cccc6ccccc56)ccc43)c2)cc1. The molecule has 0 unspecified atom stereocenters. The number of rotatable bonds is 7. The molecule has 70 heavy (non-hydrogen) atoms. The Kier molecular flexibility index (Phi) is 9.25. The molecular formula is C68H44N2. The molecule has 0 spiro atoms. The van der Waals surface area contributed by atoms with E-state index in [0.29, 0.717) is 0 Å². The first-order valence-corrected chi connectivity index (χ1v) is 24.2. The Morgan fingerprint density at radius 2 is 0.571 bits per heavy atom. The topological polar surface area (TPSA) is 9.86 Å². The van der Waals surface area contributed by atoms with E-state index in [9.17, 15) is 0 Å². The summed E-state index contributed by atoms with van der Waals surface area (Å²) < 4.78 is 4.94. The van der Waals surface area contributed by atoms with Gasteiger partial charge in [-0.1, -0.05) is 200 Å². The highest BCUT2D eigenvalue weighted by molar-refractivity contribution is 6.14. The van der Waals surface area contributed by atoms with Crippen LogP contribution < -0.4 is 0 Å². The van der Waals surface area contributed by atoms with E-state index < -0.39 is 0 Å². The largest absolute Gasteiger partial charge is 0.309 e. The van der Waals surface area contributed by atoms with Gasteiger partial charge in [-0.25, -0.2) is 0 Å². The Balaban J connectivity index is 0.966. The van der Waals surface area contributed by atoms with Gasteiger partial charge in [-0.15, -0.1) is 0 Å². The first kappa shape index (κ1) is 39.9. The Labute approximate surface area is 406 Å². The summed E-state index contributed by atoms with van der Waals surface area (Å²) in [6.45, 7) is 0. The Bertz CT molecular complexity index is 4100. The zero-order valence-corrected chi connectivity index (χ0v) is 38.3. The fourth-order valence-electron chi connectivity index (χ4n) is 11.2. The molecule has 0 atom stereocenters. The second kappa shape index (κ2) is 16.2. The second-order valence-corrected chi connectivity index (χ2v) is 18.5. The molecule has 0 aliphatic carbocycles. The molecule has 2 heteroatoms. The molecule has 2 heterocycles. The van der Waals surface area contributed by atoms with Gasteiger partial charge in [-0.2, -0.15) is 0 Å². The van der Waals surface area contributed by atoms with Crippen LogP contribution in [-0.4, -0.2) is 9.13 Å². The number of hydrogen-bond donors (Lipinski definition) is 0. The third-order valence-corrected chi connectivity index (χ3v) is 14.5. The van der Waals surface area contributed by atoms with Crippen LogP contribution in [0.5, 0.6) is 0 Å². The summed E-state index contributed by atoms with van der Waals surface area (Å²) in [5, 5.41) is 9.91. The van der Waals surface area contributed by atoms with E-state index in [1.54, 1.807) is 0 Å². The lowest BCUT2D eigenvalue weighted by molar-refractivity contribution is 1.17. The third kappa shape index (κ3) is 6.49. The number of nitrogens with zero attached hydrogens (tertiary/aromatic N) is 2. The van der Waals surface area contributed by atoms with Gasteiger partial charge in [-0.05, 0) is 138 Å². The van der Waals surface area contributed by atoms with Gasteiger partial charge in [0.05, 0.1) is 27.8 Å². The predicted octanol–water partition coefficient (Wildman–Crippen LogP) is 18.5. The summed E-state index contributed by atoms with van der Waals surface area (Å²) in [5.41, 5.74) is 19.0. The molecular weight excluding hydrogens is 845 g/mol. The van der Waals surface area contributed by atoms with Crippen molar-refractivity contribution in [2.45, 2.75) is 0 Å². The molecule has 0 radical (unpaired) electrons. The molecule has 0 saturated carbocycles. The van der Waals surface area contributed by atoms with E-state index in [2.05, 4.69) is 276 Å². The number of benzene rings is 12. The highest BCUT2D eigenvalue weighted by atomic mass is 15.0. The van der Waals surface area contributed by atoms with E-state index >= 15 is 0 Å². The van der Waals surface area contributed by atoms with Gasteiger partial charge in [0.2, 0.25) is 0 Å². The molecule has 0 fully saturated rings. The minimum Gasteiger partial charge on any atom is -0.309 e. The lowest BCUT2D eigenvalue weighted by atomic mass is 9.95. The van der Waals surface area contributed by atoms with Gasteiger partial charge in [0.1, 0.15) is 0 Å². The highest BCUT2D eigenvalue weighted by Crippen LogP contribution is 2.43. The average Bonchev–Trinajstić information content (AvgIpc) is 3.94.